The number of benzene rings is 1. The predicted molar refractivity (Wildman–Crippen MR) is 90.6 cm³/mol. The third-order valence-corrected chi connectivity index (χ3v) is 4.04. The number of nitrogens with zero attached hydrogens (tertiary/aromatic N) is 4. The molecule has 0 radical (unpaired) electrons. The van der Waals surface area contributed by atoms with Crippen LogP contribution in [0.5, 0.6) is 5.75 Å². The second-order valence-electron chi connectivity index (χ2n) is 5.69. The molecule has 1 aliphatic rings. The highest BCUT2D eigenvalue weighted by molar-refractivity contribution is 5.34. The SMILES string of the molecule is N#CCCN(CCOc1ccc(C#N)cc1)CCN1CCOCC1. The molecule has 1 aliphatic heterocycles. The second kappa shape index (κ2) is 10.6. The van der Waals surface area contributed by atoms with E-state index in [0.717, 1.165) is 58.2 Å². The molecule has 1 heterocycles. The molecule has 0 atom stereocenters. The summed E-state index contributed by atoms with van der Waals surface area (Å²) in [5.41, 5.74) is 0.628. The Labute approximate surface area is 143 Å². The van der Waals surface area contributed by atoms with Gasteiger partial charge in [0.25, 0.3) is 0 Å². The van der Waals surface area contributed by atoms with E-state index in [1.807, 2.05) is 12.1 Å². The van der Waals surface area contributed by atoms with E-state index in [1.165, 1.54) is 0 Å². The molecule has 0 unspecified atom stereocenters. The fraction of sp³-hybridized carbons (Fsp3) is 0.556. The lowest BCUT2D eigenvalue weighted by Crippen LogP contribution is -2.42. The van der Waals surface area contributed by atoms with Crippen LogP contribution in [-0.2, 0) is 4.74 Å². The third kappa shape index (κ3) is 6.55. The molecule has 1 saturated heterocycles. The van der Waals surface area contributed by atoms with Crippen molar-refractivity contribution < 1.29 is 9.47 Å². The Kier molecular flexibility index (Phi) is 8.06. The van der Waals surface area contributed by atoms with Crippen molar-refractivity contribution in [3.8, 4) is 17.9 Å². The van der Waals surface area contributed by atoms with Gasteiger partial charge in [-0.3, -0.25) is 9.80 Å². The zero-order valence-electron chi connectivity index (χ0n) is 14.0. The number of nitriles is 2. The fourth-order valence-corrected chi connectivity index (χ4v) is 2.57. The minimum absolute atomic E-state index is 0.528. The molecule has 0 bridgehead atoms. The normalized spacial score (nSPS) is 15.0. The van der Waals surface area contributed by atoms with Gasteiger partial charge >= 0.3 is 0 Å². The van der Waals surface area contributed by atoms with Gasteiger partial charge in [0.2, 0.25) is 0 Å². The van der Waals surface area contributed by atoms with Gasteiger partial charge in [0.1, 0.15) is 12.4 Å². The van der Waals surface area contributed by atoms with Crippen molar-refractivity contribution in [1.29, 1.82) is 10.5 Å². The van der Waals surface area contributed by atoms with Gasteiger partial charge in [-0.05, 0) is 24.3 Å². The molecule has 0 N–H and O–H groups in total. The predicted octanol–water partition coefficient (Wildman–Crippen LogP) is 1.48. The number of ether oxygens (including phenoxy) is 2. The molecule has 1 aromatic carbocycles. The van der Waals surface area contributed by atoms with E-state index in [1.54, 1.807) is 12.1 Å². The molecule has 0 aliphatic carbocycles. The number of hydrogen-bond donors (Lipinski definition) is 0. The molecule has 24 heavy (non-hydrogen) atoms. The average molecular weight is 328 g/mol. The minimum atomic E-state index is 0.528. The molecule has 0 saturated carbocycles. The van der Waals surface area contributed by atoms with E-state index in [-0.39, 0.29) is 0 Å². The van der Waals surface area contributed by atoms with Crippen LogP contribution < -0.4 is 4.74 Å². The molecule has 2 rings (SSSR count). The molecular weight excluding hydrogens is 304 g/mol. The molecule has 0 aromatic heterocycles. The Morgan fingerprint density at radius 2 is 1.83 bits per heavy atom. The van der Waals surface area contributed by atoms with Crippen LogP contribution in [0.15, 0.2) is 24.3 Å². The zero-order valence-corrected chi connectivity index (χ0v) is 14.0. The van der Waals surface area contributed by atoms with Crippen molar-refractivity contribution in [2.75, 3.05) is 59.1 Å². The highest BCUT2D eigenvalue weighted by Crippen LogP contribution is 2.11. The molecule has 128 valence electrons. The lowest BCUT2D eigenvalue weighted by Gasteiger charge is -2.29. The van der Waals surface area contributed by atoms with Crippen molar-refractivity contribution in [3.63, 3.8) is 0 Å². The first-order chi connectivity index (χ1) is 11.8. The maximum Gasteiger partial charge on any atom is 0.119 e. The largest absolute Gasteiger partial charge is 0.492 e. The summed E-state index contributed by atoms with van der Waals surface area (Å²) >= 11 is 0. The maximum atomic E-state index is 8.82. The molecule has 1 aromatic rings. The summed E-state index contributed by atoms with van der Waals surface area (Å²) in [7, 11) is 0. The van der Waals surface area contributed by atoms with Crippen LogP contribution >= 0.6 is 0 Å². The first kappa shape index (κ1) is 18.2. The summed E-state index contributed by atoms with van der Waals surface area (Å²) in [6, 6.07) is 11.4. The molecule has 6 nitrogen and oxygen atoms in total. The summed E-state index contributed by atoms with van der Waals surface area (Å²) < 4.78 is 11.1. The smallest absolute Gasteiger partial charge is 0.119 e. The Balaban J connectivity index is 1.73. The summed E-state index contributed by atoms with van der Waals surface area (Å²) in [6.45, 7) is 7.61. The van der Waals surface area contributed by atoms with Crippen LogP contribution in [0.2, 0.25) is 0 Å². The number of rotatable bonds is 9. The van der Waals surface area contributed by atoms with Gasteiger partial charge < -0.3 is 9.47 Å². The van der Waals surface area contributed by atoms with E-state index in [4.69, 9.17) is 20.0 Å². The van der Waals surface area contributed by atoms with E-state index in [9.17, 15) is 0 Å². The van der Waals surface area contributed by atoms with Crippen LogP contribution in [0, 0.1) is 22.7 Å². The van der Waals surface area contributed by atoms with Gasteiger partial charge in [-0.25, -0.2) is 0 Å². The third-order valence-electron chi connectivity index (χ3n) is 4.04. The topological polar surface area (TPSA) is 72.5 Å². The first-order valence-electron chi connectivity index (χ1n) is 8.34. The molecule has 6 heteroatoms. The van der Waals surface area contributed by atoms with Gasteiger partial charge in [-0.15, -0.1) is 0 Å². The minimum Gasteiger partial charge on any atom is -0.492 e. The number of morpholine rings is 1. The van der Waals surface area contributed by atoms with Gasteiger partial charge in [-0.1, -0.05) is 0 Å². The Morgan fingerprint density at radius 1 is 1.08 bits per heavy atom. The second-order valence-corrected chi connectivity index (χ2v) is 5.69. The molecule has 0 amide bonds. The summed E-state index contributed by atoms with van der Waals surface area (Å²) in [4.78, 5) is 4.66. The lowest BCUT2D eigenvalue weighted by molar-refractivity contribution is 0.0328. The van der Waals surface area contributed by atoms with Crippen LogP contribution in [0.3, 0.4) is 0 Å². The van der Waals surface area contributed by atoms with Crippen molar-refractivity contribution in [3.05, 3.63) is 29.8 Å². The Hall–Kier alpha value is -2.12. The van der Waals surface area contributed by atoms with Gasteiger partial charge in [-0.2, -0.15) is 10.5 Å². The van der Waals surface area contributed by atoms with Crippen molar-refractivity contribution in [1.82, 2.24) is 9.80 Å². The Bertz CT molecular complexity index is 556. The maximum absolute atomic E-state index is 8.82. The first-order valence-corrected chi connectivity index (χ1v) is 8.34. The molecule has 1 fully saturated rings. The van der Waals surface area contributed by atoms with Crippen molar-refractivity contribution in [2.45, 2.75) is 6.42 Å². The van der Waals surface area contributed by atoms with Crippen LogP contribution in [0.4, 0.5) is 0 Å². The van der Waals surface area contributed by atoms with Gasteiger partial charge in [0.05, 0.1) is 30.9 Å². The van der Waals surface area contributed by atoms with Crippen molar-refractivity contribution in [2.24, 2.45) is 0 Å². The van der Waals surface area contributed by atoms with E-state index in [2.05, 4.69) is 21.9 Å². The lowest BCUT2D eigenvalue weighted by atomic mass is 10.2. The van der Waals surface area contributed by atoms with Crippen molar-refractivity contribution >= 4 is 0 Å². The van der Waals surface area contributed by atoms with E-state index >= 15 is 0 Å². The van der Waals surface area contributed by atoms with Crippen LogP contribution in [0.25, 0.3) is 0 Å². The highest BCUT2D eigenvalue weighted by atomic mass is 16.5. The molecular formula is C18H24N4O2. The standard InChI is InChI=1S/C18H24N4O2/c19-6-1-7-21(8-9-22-10-13-23-14-11-22)12-15-24-18-4-2-17(16-20)3-5-18/h2-5H,1,7-15H2. The summed E-state index contributed by atoms with van der Waals surface area (Å²) in [6.07, 6.45) is 0.528. The fourth-order valence-electron chi connectivity index (χ4n) is 2.57. The summed E-state index contributed by atoms with van der Waals surface area (Å²) in [5.74, 6) is 0.766. The Morgan fingerprint density at radius 3 is 2.50 bits per heavy atom. The summed E-state index contributed by atoms with van der Waals surface area (Å²) in [5, 5.41) is 17.6. The van der Waals surface area contributed by atoms with Gasteiger partial charge in [0, 0.05) is 45.7 Å². The number of hydrogen-bond acceptors (Lipinski definition) is 6. The van der Waals surface area contributed by atoms with Crippen LogP contribution in [0.1, 0.15) is 12.0 Å². The average Bonchev–Trinajstić information content (AvgIpc) is 2.65. The van der Waals surface area contributed by atoms with E-state index in [0.29, 0.717) is 18.6 Å². The highest BCUT2D eigenvalue weighted by Gasteiger charge is 2.12. The zero-order chi connectivity index (χ0) is 17.0. The van der Waals surface area contributed by atoms with E-state index < -0.39 is 0 Å². The monoisotopic (exact) mass is 328 g/mol. The molecule has 0 spiro atoms. The van der Waals surface area contributed by atoms with Gasteiger partial charge in [0.15, 0.2) is 0 Å². The quantitative estimate of drug-likeness (QED) is 0.684. The van der Waals surface area contributed by atoms with Crippen LogP contribution in [-0.4, -0.2) is 68.9 Å².